The van der Waals surface area contributed by atoms with Crippen molar-refractivity contribution < 1.29 is 10.0 Å². The van der Waals surface area contributed by atoms with Crippen LogP contribution < -0.4 is 0 Å². The Morgan fingerprint density at radius 3 is 2.47 bits per heavy atom. The van der Waals surface area contributed by atoms with Crippen LogP contribution in [0.25, 0.3) is 0 Å². The van der Waals surface area contributed by atoms with Gasteiger partial charge in [-0.05, 0) is 26.2 Å². The van der Waals surface area contributed by atoms with Gasteiger partial charge < -0.3 is 5.21 Å². The lowest BCUT2D eigenvalue weighted by Gasteiger charge is -2.54. The second kappa shape index (κ2) is 5.92. The molecule has 2 rings (SSSR count). The van der Waals surface area contributed by atoms with E-state index in [-0.39, 0.29) is 11.1 Å². The zero-order valence-corrected chi connectivity index (χ0v) is 12.6. The lowest BCUT2D eigenvalue weighted by atomic mass is 9.70. The molecule has 0 aromatic heterocycles. The minimum atomic E-state index is -0.332. The minimum Gasteiger partial charge on any atom is -0.313 e. The normalized spacial score (nSPS) is 31.8. The highest BCUT2D eigenvalue weighted by molar-refractivity contribution is 5.82. The Morgan fingerprint density at radius 1 is 1.16 bits per heavy atom. The molecule has 1 N–H and O–H groups in total. The molecule has 0 bridgehead atoms. The molecule has 1 heterocycles. The van der Waals surface area contributed by atoms with Crippen molar-refractivity contribution >= 4 is 5.78 Å². The van der Waals surface area contributed by atoms with Crippen LogP contribution in [0.3, 0.4) is 0 Å². The first-order valence-corrected chi connectivity index (χ1v) is 8.03. The Labute approximate surface area is 117 Å². The summed E-state index contributed by atoms with van der Waals surface area (Å²) in [6.45, 7) is 4.27. The van der Waals surface area contributed by atoms with E-state index in [0.717, 1.165) is 38.5 Å². The van der Waals surface area contributed by atoms with Gasteiger partial charge in [0.05, 0.1) is 11.1 Å². The van der Waals surface area contributed by atoms with E-state index in [1.165, 1.54) is 19.3 Å². The zero-order chi connectivity index (χ0) is 13.9. The van der Waals surface area contributed by atoms with E-state index in [9.17, 15) is 10.0 Å². The molecule has 1 saturated carbocycles. The minimum absolute atomic E-state index is 0.242. The molecule has 2 aliphatic rings. The number of nitrogens with zero attached hydrogens (tertiary/aromatic N) is 1. The van der Waals surface area contributed by atoms with Gasteiger partial charge in [-0.1, -0.05) is 45.4 Å². The smallest absolute Gasteiger partial charge is 0.136 e. The second-order valence-electron chi connectivity index (χ2n) is 6.94. The average molecular weight is 267 g/mol. The maximum Gasteiger partial charge on any atom is 0.136 e. The van der Waals surface area contributed by atoms with E-state index in [2.05, 4.69) is 13.8 Å². The van der Waals surface area contributed by atoms with E-state index < -0.39 is 0 Å². The van der Waals surface area contributed by atoms with Gasteiger partial charge in [0.1, 0.15) is 5.78 Å². The Hall–Kier alpha value is -0.410. The van der Waals surface area contributed by atoms with Gasteiger partial charge in [0.2, 0.25) is 0 Å². The van der Waals surface area contributed by atoms with E-state index in [1.807, 2.05) is 0 Å². The largest absolute Gasteiger partial charge is 0.313 e. The van der Waals surface area contributed by atoms with Crippen molar-refractivity contribution in [2.45, 2.75) is 95.6 Å². The third-order valence-corrected chi connectivity index (χ3v) is 5.17. The molecule has 3 nitrogen and oxygen atoms in total. The molecule has 0 radical (unpaired) electrons. The maximum absolute atomic E-state index is 12.2. The highest BCUT2D eigenvalue weighted by Crippen LogP contribution is 2.45. The topological polar surface area (TPSA) is 40.5 Å². The summed E-state index contributed by atoms with van der Waals surface area (Å²) >= 11 is 0. The van der Waals surface area contributed by atoms with Crippen LogP contribution in [0.5, 0.6) is 0 Å². The fraction of sp³-hybridized carbons (Fsp3) is 0.938. The molecule has 19 heavy (non-hydrogen) atoms. The SMILES string of the molecule is CCCCCC1(C)CC(=O)CC2(CCCCC2)N1O. The number of rotatable bonds is 4. The van der Waals surface area contributed by atoms with Crippen LogP contribution in [-0.4, -0.2) is 27.1 Å². The molecular weight excluding hydrogens is 238 g/mol. The maximum atomic E-state index is 12.2. The van der Waals surface area contributed by atoms with Crippen LogP contribution in [0.2, 0.25) is 0 Å². The number of ketones is 1. The van der Waals surface area contributed by atoms with Crippen molar-refractivity contribution in [2.24, 2.45) is 0 Å². The predicted octanol–water partition coefficient (Wildman–Crippen LogP) is 4.08. The molecule has 1 unspecified atom stereocenters. The van der Waals surface area contributed by atoms with E-state index in [0.29, 0.717) is 18.6 Å². The molecule has 1 spiro atoms. The molecule has 0 aromatic carbocycles. The number of Topliss-reactive ketones (excluding diaryl/α,β-unsaturated/α-hetero) is 1. The van der Waals surface area contributed by atoms with Crippen molar-refractivity contribution in [1.82, 2.24) is 5.06 Å². The monoisotopic (exact) mass is 267 g/mol. The third-order valence-electron chi connectivity index (χ3n) is 5.17. The van der Waals surface area contributed by atoms with Gasteiger partial charge in [-0.15, -0.1) is 0 Å². The molecular formula is C16H29NO2. The van der Waals surface area contributed by atoms with Gasteiger partial charge >= 0.3 is 0 Å². The lowest BCUT2D eigenvalue weighted by molar-refractivity contribution is -0.260. The van der Waals surface area contributed by atoms with Gasteiger partial charge in [-0.2, -0.15) is 5.06 Å². The molecule has 1 saturated heterocycles. The van der Waals surface area contributed by atoms with E-state index >= 15 is 0 Å². The summed E-state index contributed by atoms with van der Waals surface area (Å²) in [5, 5.41) is 12.4. The number of hydroxylamine groups is 2. The summed E-state index contributed by atoms with van der Waals surface area (Å²) < 4.78 is 0. The molecule has 2 fully saturated rings. The van der Waals surface area contributed by atoms with Crippen LogP contribution in [-0.2, 0) is 4.79 Å². The molecule has 1 atom stereocenters. The molecule has 1 aliphatic carbocycles. The van der Waals surface area contributed by atoms with Crippen molar-refractivity contribution in [3.63, 3.8) is 0 Å². The zero-order valence-electron chi connectivity index (χ0n) is 12.6. The number of unbranched alkanes of at least 4 members (excludes halogenated alkanes) is 2. The first kappa shape index (κ1) is 15.0. The third kappa shape index (κ3) is 3.03. The van der Waals surface area contributed by atoms with Gasteiger partial charge in [0.15, 0.2) is 0 Å². The Morgan fingerprint density at radius 2 is 1.84 bits per heavy atom. The number of piperidine rings is 1. The highest BCUT2D eigenvalue weighted by Gasteiger charge is 2.51. The average Bonchev–Trinajstić information content (AvgIpc) is 2.37. The van der Waals surface area contributed by atoms with Crippen LogP contribution in [0.4, 0.5) is 0 Å². The summed E-state index contributed by atoms with van der Waals surface area (Å²) in [5.41, 5.74) is -0.573. The number of hydrogen-bond donors (Lipinski definition) is 1. The Kier molecular flexibility index (Phi) is 4.67. The number of hydrogen-bond acceptors (Lipinski definition) is 3. The van der Waals surface area contributed by atoms with Crippen LogP contribution in [0.15, 0.2) is 0 Å². The summed E-state index contributed by atoms with van der Waals surface area (Å²) in [5.74, 6) is 0.353. The summed E-state index contributed by atoms with van der Waals surface area (Å²) in [4.78, 5) is 12.2. The molecule has 0 aromatic rings. The summed E-state index contributed by atoms with van der Waals surface area (Å²) in [7, 11) is 0. The van der Waals surface area contributed by atoms with E-state index in [4.69, 9.17) is 0 Å². The van der Waals surface area contributed by atoms with Crippen molar-refractivity contribution in [1.29, 1.82) is 0 Å². The van der Waals surface area contributed by atoms with Crippen molar-refractivity contribution in [2.75, 3.05) is 0 Å². The first-order valence-electron chi connectivity index (χ1n) is 8.03. The van der Waals surface area contributed by atoms with Crippen LogP contribution >= 0.6 is 0 Å². The van der Waals surface area contributed by atoms with Crippen LogP contribution in [0, 0.1) is 0 Å². The fourth-order valence-electron chi connectivity index (χ4n) is 4.13. The number of carbonyl (C=O) groups is 1. The predicted molar refractivity (Wildman–Crippen MR) is 76.2 cm³/mol. The van der Waals surface area contributed by atoms with Gasteiger partial charge in [0.25, 0.3) is 0 Å². The molecule has 3 heteroatoms. The second-order valence-corrected chi connectivity index (χ2v) is 6.94. The van der Waals surface area contributed by atoms with Crippen LogP contribution in [0.1, 0.15) is 84.5 Å². The van der Waals surface area contributed by atoms with Gasteiger partial charge in [-0.25, -0.2) is 0 Å². The van der Waals surface area contributed by atoms with E-state index in [1.54, 1.807) is 5.06 Å². The summed E-state index contributed by atoms with van der Waals surface area (Å²) in [6.07, 6.45) is 11.0. The lowest BCUT2D eigenvalue weighted by Crippen LogP contribution is -2.63. The number of carbonyl (C=O) groups excluding carboxylic acids is 1. The standard InChI is InChI=1S/C16H29NO2/c1-3-4-6-9-15(2)12-14(18)13-16(17(15)19)10-7-5-8-11-16/h19H,3-13H2,1-2H3. The van der Waals surface area contributed by atoms with Gasteiger partial charge in [0, 0.05) is 12.8 Å². The van der Waals surface area contributed by atoms with Crippen molar-refractivity contribution in [3.05, 3.63) is 0 Å². The first-order chi connectivity index (χ1) is 9.02. The fourth-order valence-corrected chi connectivity index (χ4v) is 4.13. The summed E-state index contributed by atoms with van der Waals surface area (Å²) in [6, 6.07) is 0. The quantitative estimate of drug-likeness (QED) is 0.780. The highest BCUT2D eigenvalue weighted by atomic mass is 16.5. The van der Waals surface area contributed by atoms with Gasteiger partial charge in [-0.3, -0.25) is 4.79 Å². The molecule has 1 aliphatic heterocycles. The Balaban J connectivity index is 2.12. The molecule has 110 valence electrons. The Bertz CT molecular complexity index is 323. The van der Waals surface area contributed by atoms with Crippen molar-refractivity contribution in [3.8, 4) is 0 Å². The molecule has 0 amide bonds.